The summed E-state index contributed by atoms with van der Waals surface area (Å²) in [5, 5.41) is 0. The van der Waals surface area contributed by atoms with Gasteiger partial charge >= 0.3 is 0 Å². The predicted octanol–water partition coefficient (Wildman–Crippen LogP) is 0.803. The molecule has 0 fully saturated rings. The molecule has 0 bridgehead atoms. The number of aromatic nitrogens is 2. The fourth-order valence-electron chi connectivity index (χ4n) is 1.13. The van der Waals surface area contributed by atoms with Gasteiger partial charge in [-0.2, -0.15) is 0 Å². The van der Waals surface area contributed by atoms with E-state index in [2.05, 4.69) is 9.97 Å². The fraction of sp³-hybridized carbons (Fsp3) is 0.500. The van der Waals surface area contributed by atoms with Crippen molar-refractivity contribution in [3.05, 3.63) is 26.4 Å². The van der Waals surface area contributed by atoms with E-state index >= 15 is 0 Å². The summed E-state index contributed by atoms with van der Waals surface area (Å²) < 4.78 is 0.380. The molecular weight excluding hydrogens is 186 g/mol. The predicted molar refractivity (Wildman–Crippen MR) is 54.4 cm³/mol. The molecule has 0 aliphatic heterocycles. The highest BCUT2D eigenvalue weighted by atomic mass is 32.1. The highest BCUT2D eigenvalue weighted by Crippen LogP contribution is 1.99. The Morgan fingerprint density at radius 1 is 1.38 bits per heavy atom. The fourth-order valence-corrected chi connectivity index (χ4v) is 1.38. The standard InChI is InChI=1S/C8H13N3OS/c1-5-6(4-11(2)3)7(12)10-8(13)9-5/h4H2,1-3H3,(H2,9,10,12,13). The van der Waals surface area contributed by atoms with Gasteiger partial charge in [0.15, 0.2) is 4.77 Å². The summed E-state index contributed by atoms with van der Waals surface area (Å²) >= 11 is 4.84. The molecule has 72 valence electrons. The number of aromatic amines is 2. The van der Waals surface area contributed by atoms with Gasteiger partial charge in [-0.05, 0) is 33.2 Å². The summed E-state index contributed by atoms with van der Waals surface area (Å²) in [7, 11) is 3.83. The van der Waals surface area contributed by atoms with E-state index in [9.17, 15) is 4.79 Å². The smallest absolute Gasteiger partial charge is 0.256 e. The number of aryl methyl sites for hydroxylation is 1. The molecule has 1 rings (SSSR count). The van der Waals surface area contributed by atoms with Gasteiger partial charge < -0.3 is 9.88 Å². The van der Waals surface area contributed by atoms with E-state index in [0.717, 1.165) is 11.3 Å². The first-order valence-corrected chi connectivity index (χ1v) is 4.38. The lowest BCUT2D eigenvalue weighted by molar-refractivity contribution is 0.398. The van der Waals surface area contributed by atoms with Gasteiger partial charge in [-0.15, -0.1) is 0 Å². The molecule has 0 unspecified atom stereocenters. The lowest BCUT2D eigenvalue weighted by atomic mass is 10.2. The molecule has 0 spiro atoms. The molecular formula is C8H13N3OS. The first-order chi connectivity index (χ1) is 6.00. The van der Waals surface area contributed by atoms with Crippen LogP contribution >= 0.6 is 12.2 Å². The summed E-state index contributed by atoms with van der Waals surface area (Å²) in [6, 6.07) is 0. The van der Waals surface area contributed by atoms with Crippen molar-refractivity contribution < 1.29 is 0 Å². The van der Waals surface area contributed by atoms with E-state index in [1.54, 1.807) is 0 Å². The molecule has 0 amide bonds. The Morgan fingerprint density at radius 2 is 2.00 bits per heavy atom. The van der Waals surface area contributed by atoms with Crippen molar-refractivity contribution in [2.45, 2.75) is 13.5 Å². The Morgan fingerprint density at radius 3 is 2.46 bits per heavy atom. The second-order valence-corrected chi connectivity index (χ2v) is 3.66. The molecule has 2 N–H and O–H groups in total. The molecule has 4 nitrogen and oxygen atoms in total. The summed E-state index contributed by atoms with van der Waals surface area (Å²) in [5.41, 5.74) is 1.47. The van der Waals surface area contributed by atoms with Crippen LogP contribution in [0.15, 0.2) is 4.79 Å². The third-order valence-corrected chi connectivity index (χ3v) is 1.93. The van der Waals surface area contributed by atoms with Crippen LogP contribution < -0.4 is 5.56 Å². The van der Waals surface area contributed by atoms with Gasteiger partial charge in [0, 0.05) is 12.2 Å². The van der Waals surface area contributed by atoms with Crippen molar-refractivity contribution in [3.63, 3.8) is 0 Å². The van der Waals surface area contributed by atoms with Crippen LogP contribution in [0.2, 0.25) is 0 Å². The summed E-state index contributed by atoms with van der Waals surface area (Å²) in [5.74, 6) is 0. The molecule has 0 aromatic carbocycles. The van der Waals surface area contributed by atoms with Gasteiger partial charge in [0.05, 0.1) is 5.56 Å². The molecule has 1 heterocycles. The van der Waals surface area contributed by atoms with Gasteiger partial charge in [0.2, 0.25) is 0 Å². The van der Waals surface area contributed by atoms with Crippen molar-refractivity contribution in [3.8, 4) is 0 Å². The van der Waals surface area contributed by atoms with Crippen molar-refractivity contribution in [2.24, 2.45) is 0 Å². The molecule has 1 aromatic rings. The van der Waals surface area contributed by atoms with Gasteiger partial charge in [0.1, 0.15) is 0 Å². The first kappa shape index (κ1) is 10.1. The van der Waals surface area contributed by atoms with Gasteiger partial charge in [-0.25, -0.2) is 0 Å². The third kappa shape index (κ3) is 2.50. The average Bonchev–Trinajstić information content (AvgIpc) is 1.96. The SMILES string of the molecule is Cc1[nH]c(=S)[nH]c(=O)c1CN(C)C. The quantitative estimate of drug-likeness (QED) is 0.693. The van der Waals surface area contributed by atoms with E-state index in [4.69, 9.17) is 12.2 Å². The molecule has 0 saturated heterocycles. The monoisotopic (exact) mass is 199 g/mol. The van der Waals surface area contributed by atoms with Crippen molar-refractivity contribution >= 4 is 12.2 Å². The third-order valence-electron chi connectivity index (χ3n) is 1.73. The van der Waals surface area contributed by atoms with Gasteiger partial charge in [-0.1, -0.05) is 0 Å². The minimum Gasteiger partial charge on any atom is -0.336 e. The first-order valence-electron chi connectivity index (χ1n) is 3.97. The van der Waals surface area contributed by atoms with E-state index in [1.165, 1.54) is 0 Å². The number of hydrogen-bond acceptors (Lipinski definition) is 3. The molecule has 0 atom stereocenters. The topological polar surface area (TPSA) is 51.9 Å². The zero-order valence-corrected chi connectivity index (χ0v) is 8.79. The zero-order chi connectivity index (χ0) is 10.0. The largest absolute Gasteiger partial charge is 0.336 e. The zero-order valence-electron chi connectivity index (χ0n) is 7.97. The number of rotatable bonds is 2. The maximum absolute atomic E-state index is 11.4. The van der Waals surface area contributed by atoms with E-state index in [0.29, 0.717) is 11.3 Å². The van der Waals surface area contributed by atoms with Crippen LogP contribution in [-0.4, -0.2) is 29.0 Å². The van der Waals surface area contributed by atoms with E-state index in [1.807, 2.05) is 25.9 Å². The number of nitrogens with zero attached hydrogens (tertiary/aromatic N) is 1. The van der Waals surface area contributed by atoms with E-state index in [-0.39, 0.29) is 5.56 Å². The second-order valence-electron chi connectivity index (χ2n) is 3.25. The Hall–Kier alpha value is -0.940. The van der Waals surface area contributed by atoms with Crippen molar-refractivity contribution in [1.29, 1.82) is 0 Å². The van der Waals surface area contributed by atoms with Gasteiger partial charge in [-0.3, -0.25) is 9.78 Å². The molecule has 0 aliphatic carbocycles. The average molecular weight is 199 g/mol. The Balaban J connectivity index is 3.22. The van der Waals surface area contributed by atoms with Crippen LogP contribution in [0, 0.1) is 11.7 Å². The molecule has 0 aliphatic rings. The second kappa shape index (κ2) is 3.85. The van der Waals surface area contributed by atoms with Crippen LogP contribution in [0.25, 0.3) is 0 Å². The maximum atomic E-state index is 11.4. The van der Waals surface area contributed by atoms with Crippen molar-refractivity contribution in [2.75, 3.05) is 14.1 Å². The molecule has 0 radical (unpaired) electrons. The van der Waals surface area contributed by atoms with Crippen molar-refractivity contribution in [1.82, 2.24) is 14.9 Å². The molecule has 5 heteroatoms. The molecule has 1 aromatic heterocycles. The number of hydrogen-bond donors (Lipinski definition) is 2. The highest BCUT2D eigenvalue weighted by molar-refractivity contribution is 7.71. The minimum atomic E-state index is -0.102. The normalized spacial score (nSPS) is 10.8. The molecule has 0 saturated carbocycles. The summed E-state index contributed by atoms with van der Waals surface area (Å²) in [6.45, 7) is 2.47. The Labute approximate surface area is 81.6 Å². The maximum Gasteiger partial charge on any atom is 0.256 e. The van der Waals surface area contributed by atoms with Crippen LogP contribution in [0.1, 0.15) is 11.3 Å². The number of H-pyrrole nitrogens is 2. The highest BCUT2D eigenvalue weighted by Gasteiger charge is 2.04. The Kier molecular flexibility index (Phi) is 3.00. The minimum absolute atomic E-state index is 0.102. The van der Waals surface area contributed by atoms with Crippen LogP contribution in [0.5, 0.6) is 0 Å². The lowest BCUT2D eigenvalue weighted by Crippen LogP contribution is -2.22. The molecule has 13 heavy (non-hydrogen) atoms. The van der Waals surface area contributed by atoms with Crippen LogP contribution in [0.3, 0.4) is 0 Å². The number of nitrogens with one attached hydrogen (secondary N) is 2. The Bertz CT molecular complexity index is 405. The van der Waals surface area contributed by atoms with Gasteiger partial charge in [0.25, 0.3) is 5.56 Å². The summed E-state index contributed by atoms with van der Waals surface area (Å²) in [6.07, 6.45) is 0. The summed E-state index contributed by atoms with van der Waals surface area (Å²) in [4.78, 5) is 18.8. The van der Waals surface area contributed by atoms with Crippen LogP contribution in [-0.2, 0) is 6.54 Å². The lowest BCUT2D eigenvalue weighted by Gasteiger charge is -2.10. The van der Waals surface area contributed by atoms with Crippen LogP contribution in [0.4, 0.5) is 0 Å². The van der Waals surface area contributed by atoms with E-state index < -0.39 is 0 Å².